The van der Waals surface area contributed by atoms with Gasteiger partial charge in [0.15, 0.2) is 16.6 Å². The average molecular weight is 392 g/mol. The van der Waals surface area contributed by atoms with Crippen LogP contribution in [-0.4, -0.2) is 22.4 Å². The maximum Gasteiger partial charge on any atom is 0.175 e. The molecule has 0 spiro atoms. The minimum absolute atomic E-state index is 0.133. The molecular weight excluding hydrogens is 372 g/mol. The number of methoxy groups -OCH3 is 1. The van der Waals surface area contributed by atoms with E-state index in [4.69, 9.17) is 17.0 Å². The Hall–Kier alpha value is -3.51. The van der Waals surface area contributed by atoms with Crippen LogP contribution >= 0.6 is 12.2 Å². The fourth-order valence-corrected chi connectivity index (χ4v) is 2.72. The van der Waals surface area contributed by atoms with Gasteiger partial charge in [-0.05, 0) is 71.9 Å². The number of phenols is 2. The Morgan fingerprint density at radius 2 is 1.32 bits per heavy atom. The van der Waals surface area contributed by atoms with E-state index in [2.05, 4.69) is 10.6 Å². The smallest absolute Gasteiger partial charge is 0.175 e. The topological polar surface area (TPSA) is 73.8 Å². The van der Waals surface area contributed by atoms with Crippen molar-refractivity contribution in [3.05, 3.63) is 77.9 Å². The van der Waals surface area contributed by atoms with Gasteiger partial charge in [-0.1, -0.05) is 30.4 Å². The van der Waals surface area contributed by atoms with Gasteiger partial charge in [-0.3, -0.25) is 0 Å². The van der Waals surface area contributed by atoms with E-state index < -0.39 is 0 Å². The second kappa shape index (κ2) is 8.92. The molecule has 3 rings (SSSR count). The van der Waals surface area contributed by atoms with E-state index in [1.165, 1.54) is 12.1 Å². The standard InChI is InChI=1S/C22H20N2O3S/c1-27-19-11-9-18(10-12-19)24-22(28)23-17-7-4-15(5-8-17)2-3-16-6-13-20(25)21(26)14-16/h2-14,25-26H,1H3,(H2,23,24,28)/b3-2+. The van der Waals surface area contributed by atoms with Crippen molar-refractivity contribution in [1.29, 1.82) is 0 Å². The number of thiocarbonyl (C=S) groups is 1. The van der Waals surface area contributed by atoms with Crippen molar-refractivity contribution in [2.24, 2.45) is 0 Å². The zero-order chi connectivity index (χ0) is 19.9. The lowest BCUT2D eigenvalue weighted by molar-refractivity contribution is 0.403. The lowest BCUT2D eigenvalue weighted by Crippen LogP contribution is -2.18. The van der Waals surface area contributed by atoms with Gasteiger partial charge in [0.05, 0.1) is 7.11 Å². The zero-order valence-corrected chi connectivity index (χ0v) is 16.0. The predicted octanol–water partition coefficient (Wildman–Crippen LogP) is 5.09. The summed E-state index contributed by atoms with van der Waals surface area (Å²) >= 11 is 5.34. The molecule has 0 aromatic heterocycles. The number of rotatable bonds is 5. The highest BCUT2D eigenvalue weighted by Gasteiger charge is 2.01. The highest BCUT2D eigenvalue weighted by atomic mass is 32.1. The van der Waals surface area contributed by atoms with Gasteiger partial charge >= 0.3 is 0 Å². The number of nitrogens with one attached hydrogen (secondary N) is 2. The molecule has 0 saturated heterocycles. The normalized spacial score (nSPS) is 10.6. The monoisotopic (exact) mass is 392 g/mol. The molecule has 0 saturated carbocycles. The molecule has 3 aromatic rings. The van der Waals surface area contributed by atoms with Crippen LogP contribution in [0.3, 0.4) is 0 Å². The van der Waals surface area contributed by atoms with Crippen LogP contribution in [0.5, 0.6) is 17.2 Å². The summed E-state index contributed by atoms with van der Waals surface area (Å²) in [4.78, 5) is 0. The van der Waals surface area contributed by atoms with Crippen molar-refractivity contribution in [2.45, 2.75) is 0 Å². The number of phenolic OH excluding ortho intramolecular Hbond substituents is 2. The lowest BCUT2D eigenvalue weighted by atomic mass is 10.1. The summed E-state index contributed by atoms with van der Waals surface area (Å²) in [7, 11) is 1.63. The van der Waals surface area contributed by atoms with Crippen LogP contribution in [-0.2, 0) is 0 Å². The molecule has 6 heteroatoms. The van der Waals surface area contributed by atoms with E-state index in [9.17, 15) is 10.2 Å². The molecule has 0 aliphatic heterocycles. The molecule has 0 radical (unpaired) electrons. The molecule has 4 N–H and O–H groups in total. The first-order valence-electron chi connectivity index (χ1n) is 8.56. The van der Waals surface area contributed by atoms with Gasteiger partial charge in [-0.15, -0.1) is 0 Å². The lowest BCUT2D eigenvalue weighted by Gasteiger charge is -2.11. The minimum Gasteiger partial charge on any atom is -0.504 e. The predicted molar refractivity (Wildman–Crippen MR) is 118 cm³/mol. The van der Waals surface area contributed by atoms with Crippen LogP contribution in [0.2, 0.25) is 0 Å². The van der Waals surface area contributed by atoms with Gasteiger partial charge < -0.3 is 25.6 Å². The molecule has 0 heterocycles. The molecule has 0 bridgehead atoms. The highest BCUT2D eigenvalue weighted by molar-refractivity contribution is 7.80. The molecule has 0 amide bonds. The quantitative estimate of drug-likeness (QED) is 0.275. The van der Waals surface area contributed by atoms with Gasteiger partial charge in [0.25, 0.3) is 0 Å². The van der Waals surface area contributed by atoms with Crippen LogP contribution < -0.4 is 15.4 Å². The minimum atomic E-state index is -0.139. The molecule has 0 atom stereocenters. The SMILES string of the molecule is COc1ccc(NC(=S)Nc2ccc(/C=C/c3ccc(O)c(O)c3)cc2)cc1. The van der Waals surface area contributed by atoms with Crippen LogP contribution in [0.15, 0.2) is 66.7 Å². The summed E-state index contributed by atoms with van der Waals surface area (Å²) in [5.74, 6) is 0.516. The fourth-order valence-electron chi connectivity index (χ4n) is 2.48. The Labute approximate surface area is 168 Å². The van der Waals surface area contributed by atoms with Crippen molar-refractivity contribution >= 4 is 40.9 Å². The molecule has 3 aromatic carbocycles. The number of benzene rings is 3. The van der Waals surface area contributed by atoms with Crippen LogP contribution in [0.25, 0.3) is 12.2 Å². The second-order valence-corrected chi connectivity index (χ2v) is 6.42. The first kappa shape index (κ1) is 19.3. The molecule has 0 aliphatic carbocycles. The van der Waals surface area contributed by atoms with E-state index in [0.717, 1.165) is 28.3 Å². The van der Waals surface area contributed by atoms with Gasteiger partial charge in [0.1, 0.15) is 5.75 Å². The van der Waals surface area contributed by atoms with Crippen LogP contribution in [0.4, 0.5) is 11.4 Å². The third-order valence-corrected chi connectivity index (χ3v) is 4.19. The Morgan fingerprint density at radius 3 is 1.89 bits per heavy atom. The third kappa shape index (κ3) is 5.25. The van der Waals surface area contributed by atoms with Crippen LogP contribution in [0, 0.1) is 0 Å². The zero-order valence-electron chi connectivity index (χ0n) is 15.2. The summed E-state index contributed by atoms with van der Waals surface area (Å²) in [6, 6.07) is 20.0. The first-order chi connectivity index (χ1) is 13.5. The molecular formula is C22H20N2O3S. The molecule has 0 aliphatic rings. The van der Waals surface area contributed by atoms with E-state index in [1.54, 1.807) is 13.2 Å². The molecule has 0 unspecified atom stereocenters. The van der Waals surface area contributed by atoms with Crippen LogP contribution in [0.1, 0.15) is 11.1 Å². The van der Waals surface area contributed by atoms with E-state index >= 15 is 0 Å². The van der Waals surface area contributed by atoms with E-state index in [-0.39, 0.29) is 11.5 Å². The van der Waals surface area contributed by atoms with Gasteiger partial charge in [0.2, 0.25) is 0 Å². The van der Waals surface area contributed by atoms with Crippen molar-refractivity contribution in [2.75, 3.05) is 17.7 Å². The van der Waals surface area contributed by atoms with Gasteiger partial charge in [-0.2, -0.15) is 0 Å². The number of anilines is 2. The highest BCUT2D eigenvalue weighted by Crippen LogP contribution is 2.25. The Balaban J connectivity index is 1.58. The summed E-state index contributed by atoms with van der Waals surface area (Å²) in [6.45, 7) is 0. The largest absolute Gasteiger partial charge is 0.504 e. The summed E-state index contributed by atoms with van der Waals surface area (Å²) < 4.78 is 5.13. The molecule has 5 nitrogen and oxygen atoms in total. The number of hydrogen-bond donors (Lipinski definition) is 4. The average Bonchev–Trinajstić information content (AvgIpc) is 2.70. The fraction of sp³-hybridized carbons (Fsp3) is 0.0455. The number of hydrogen-bond acceptors (Lipinski definition) is 4. The summed E-state index contributed by atoms with van der Waals surface area (Å²) in [6.07, 6.45) is 3.78. The van der Waals surface area contributed by atoms with Crippen molar-refractivity contribution in [3.63, 3.8) is 0 Å². The van der Waals surface area contributed by atoms with Gasteiger partial charge in [-0.25, -0.2) is 0 Å². The second-order valence-electron chi connectivity index (χ2n) is 6.01. The van der Waals surface area contributed by atoms with Crippen molar-refractivity contribution in [1.82, 2.24) is 0 Å². The number of aromatic hydroxyl groups is 2. The van der Waals surface area contributed by atoms with Crippen molar-refractivity contribution < 1.29 is 14.9 Å². The third-order valence-electron chi connectivity index (χ3n) is 3.98. The summed E-state index contributed by atoms with van der Waals surface area (Å²) in [5.41, 5.74) is 3.52. The Kier molecular flexibility index (Phi) is 6.14. The maximum atomic E-state index is 9.53. The molecule has 0 fully saturated rings. The number of ether oxygens (including phenoxy) is 1. The molecule has 28 heavy (non-hydrogen) atoms. The first-order valence-corrected chi connectivity index (χ1v) is 8.96. The van der Waals surface area contributed by atoms with E-state index in [0.29, 0.717) is 5.11 Å². The summed E-state index contributed by atoms with van der Waals surface area (Å²) in [5, 5.41) is 25.6. The van der Waals surface area contributed by atoms with E-state index in [1.807, 2.05) is 60.7 Å². The Bertz CT molecular complexity index is 984. The molecule has 142 valence electrons. The van der Waals surface area contributed by atoms with Crippen molar-refractivity contribution in [3.8, 4) is 17.2 Å². The Morgan fingerprint density at radius 1 is 0.786 bits per heavy atom. The maximum absolute atomic E-state index is 9.53. The van der Waals surface area contributed by atoms with Gasteiger partial charge in [0, 0.05) is 11.4 Å².